The van der Waals surface area contributed by atoms with Crippen LogP contribution in [0.2, 0.25) is 0 Å². The molecule has 152 valence electrons. The van der Waals surface area contributed by atoms with E-state index in [-0.39, 0.29) is 19.1 Å². The summed E-state index contributed by atoms with van der Waals surface area (Å²) < 4.78 is 0. The molecule has 1 aromatic carbocycles. The molecule has 8 heteroatoms. The third kappa shape index (κ3) is 4.03. The molecule has 2 N–H and O–H groups in total. The predicted molar refractivity (Wildman–Crippen MR) is 116 cm³/mol. The van der Waals surface area contributed by atoms with Crippen molar-refractivity contribution in [2.45, 2.75) is 26.4 Å². The lowest BCUT2D eigenvalue weighted by Gasteiger charge is -2.43. The number of β-amino-alcohol motifs (C(OH)–C–C–N with tert-alkyl or cyclic N) is 1. The molecule has 4 rings (SSSR count). The van der Waals surface area contributed by atoms with Crippen LogP contribution < -0.4 is 5.32 Å². The van der Waals surface area contributed by atoms with Crippen molar-refractivity contribution in [3.05, 3.63) is 53.3 Å². The van der Waals surface area contributed by atoms with E-state index in [1.54, 1.807) is 19.1 Å². The minimum absolute atomic E-state index is 0.289. The van der Waals surface area contributed by atoms with Crippen molar-refractivity contribution in [1.82, 2.24) is 14.9 Å². The van der Waals surface area contributed by atoms with Crippen LogP contribution in [-0.4, -0.2) is 44.7 Å². The highest BCUT2D eigenvalue weighted by Crippen LogP contribution is 2.40. The van der Waals surface area contributed by atoms with Gasteiger partial charge in [-0.3, -0.25) is 10.3 Å². The second-order valence-corrected chi connectivity index (χ2v) is 8.81. The Bertz CT molecular complexity index is 1150. The number of nitrogens with zero attached hydrogens (tertiary/aromatic N) is 4. The molecule has 1 saturated heterocycles. The largest absolute Gasteiger partial charge is 0.386 e. The van der Waals surface area contributed by atoms with E-state index < -0.39 is 5.60 Å². The van der Waals surface area contributed by atoms with Gasteiger partial charge >= 0.3 is 6.03 Å². The fraction of sp³-hybridized carbons (Fsp3) is 0.273. The number of rotatable bonds is 3. The number of likely N-dealkylation sites (tertiary alicyclic amines) is 1. The summed E-state index contributed by atoms with van der Waals surface area (Å²) in [5.74, 6) is 0. The van der Waals surface area contributed by atoms with Crippen molar-refractivity contribution in [3.8, 4) is 27.8 Å². The molecule has 7 nitrogen and oxygen atoms in total. The monoisotopic (exact) mass is 419 g/mol. The highest BCUT2D eigenvalue weighted by molar-refractivity contribution is 7.19. The fourth-order valence-corrected chi connectivity index (χ4v) is 4.52. The SMILES string of the molecule is Cc1cc(-c2sc(NC(=O)N3CC(C)(O)C3)nc2-c2cccc(C#N)c2)cc(C)n1. The third-order valence-corrected chi connectivity index (χ3v) is 5.82. The van der Waals surface area contributed by atoms with Gasteiger partial charge in [-0.25, -0.2) is 9.78 Å². The van der Waals surface area contributed by atoms with Gasteiger partial charge in [0.05, 0.1) is 40.9 Å². The Balaban J connectivity index is 1.73. The molecule has 0 atom stereocenters. The summed E-state index contributed by atoms with van der Waals surface area (Å²) in [5.41, 5.74) is 3.96. The lowest BCUT2D eigenvalue weighted by atomic mass is 9.98. The lowest BCUT2D eigenvalue weighted by molar-refractivity contribution is -0.0581. The van der Waals surface area contributed by atoms with Crippen LogP contribution in [0, 0.1) is 25.2 Å². The summed E-state index contributed by atoms with van der Waals surface area (Å²) >= 11 is 1.38. The standard InChI is InChI=1S/C22H21N5O2S/c1-13-7-17(8-14(2)24-13)19-18(16-6-4-5-15(9-16)10-23)25-20(30-19)26-21(28)27-11-22(3,29)12-27/h4-9,29H,11-12H2,1-3H3,(H,25,26,28). The van der Waals surface area contributed by atoms with Gasteiger partial charge in [-0.1, -0.05) is 23.5 Å². The molecular formula is C22H21N5O2S. The number of aryl methyl sites for hydroxylation is 2. The Morgan fingerprint density at radius 3 is 2.53 bits per heavy atom. The highest BCUT2D eigenvalue weighted by atomic mass is 32.1. The van der Waals surface area contributed by atoms with Crippen LogP contribution in [0.25, 0.3) is 21.7 Å². The number of carbonyl (C=O) groups is 1. The first-order valence-corrected chi connectivity index (χ1v) is 10.3. The Morgan fingerprint density at radius 2 is 1.90 bits per heavy atom. The zero-order valence-corrected chi connectivity index (χ0v) is 17.7. The van der Waals surface area contributed by atoms with Gasteiger partial charge in [0, 0.05) is 17.0 Å². The number of hydrogen-bond acceptors (Lipinski definition) is 6. The number of carbonyl (C=O) groups excluding carboxylic acids is 1. The van der Waals surface area contributed by atoms with Gasteiger partial charge in [-0.05, 0) is 50.6 Å². The minimum atomic E-state index is -0.833. The molecular weight excluding hydrogens is 398 g/mol. The molecule has 1 aliphatic heterocycles. The number of nitriles is 1. The topological polar surface area (TPSA) is 102 Å². The number of aliphatic hydroxyl groups is 1. The van der Waals surface area contributed by atoms with Gasteiger partial charge in [0.2, 0.25) is 0 Å². The molecule has 0 bridgehead atoms. The first kappa shape index (κ1) is 20.0. The number of thiazole rings is 1. The van der Waals surface area contributed by atoms with Crippen LogP contribution in [0.15, 0.2) is 36.4 Å². The zero-order chi connectivity index (χ0) is 21.5. The molecule has 0 aliphatic carbocycles. The van der Waals surface area contributed by atoms with E-state index >= 15 is 0 Å². The summed E-state index contributed by atoms with van der Waals surface area (Å²) in [4.78, 5) is 24.1. The maximum Gasteiger partial charge on any atom is 0.323 e. The first-order valence-electron chi connectivity index (χ1n) is 9.49. The van der Waals surface area contributed by atoms with Gasteiger partial charge in [-0.15, -0.1) is 0 Å². The molecule has 3 aromatic rings. The molecule has 1 aliphatic rings. The molecule has 0 spiro atoms. The van der Waals surface area contributed by atoms with Crippen molar-refractivity contribution in [3.63, 3.8) is 0 Å². The van der Waals surface area contributed by atoms with Gasteiger partial charge in [0.25, 0.3) is 0 Å². The zero-order valence-electron chi connectivity index (χ0n) is 16.9. The quantitative estimate of drug-likeness (QED) is 0.669. The number of urea groups is 1. The van der Waals surface area contributed by atoms with Crippen molar-refractivity contribution >= 4 is 22.5 Å². The maximum atomic E-state index is 12.5. The number of nitrogens with one attached hydrogen (secondary N) is 1. The van der Waals surface area contributed by atoms with Crippen molar-refractivity contribution in [2.24, 2.45) is 0 Å². The van der Waals surface area contributed by atoms with E-state index in [0.717, 1.165) is 27.4 Å². The van der Waals surface area contributed by atoms with Gasteiger partial charge in [-0.2, -0.15) is 5.26 Å². The molecule has 1 fully saturated rings. The average Bonchev–Trinajstić information content (AvgIpc) is 3.09. The predicted octanol–water partition coefficient (Wildman–Crippen LogP) is 3.96. The van der Waals surface area contributed by atoms with Crippen LogP contribution >= 0.6 is 11.3 Å². The number of aromatic nitrogens is 2. The third-order valence-electron chi connectivity index (χ3n) is 4.80. The molecule has 2 amide bonds. The normalized spacial score (nSPS) is 14.7. The second kappa shape index (κ2) is 7.52. The fourth-order valence-electron chi connectivity index (χ4n) is 3.56. The Labute approximate surface area is 178 Å². The van der Waals surface area contributed by atoms with Crippen molar-refractivity contribution in [1.29, 1.82) is 5.26 Å². The van der Waals surface area contributed by atoms with Gasteiger partial charge in [0.15, 0.2) is 5.13 Å². The molecule has 0 saturated carbocycles. The van der Waals surface area contributed by atoms with Crippen LogP contribution in [0.1, 0.15) is 23.9 Å². The first-order chi connectivity index (χ1) is 14.2. The molecule has 30 heavy (non-hydrogen) atoms. The number of hydrogen-bond donors (Lipinski definition) is 2. The number of pyridine rings is 1. The summed E-state index contributed by atoms with van der Waals surface area (Å²) in [6.07, 6.45) is 0. The van der Waals surface area contributed by atoms with Crippen molar-refractivity contribution < 1.29 is 9.90 Å². The molecule has 0 unspecified atom stereocenters. The number of amides is 2. The second-order valence-electron chi connectivity index (χ2n) is 7.81. The average molecular weight is 420 g/mol. The maximum absolute atomic E-state index is 12.5. The van der Waals surface area contributed by atoms with E-state index in [9.17, 15) is 15.2 Å². The van der Waals surface area contributed by atoms with Crippen LogP contribution in [0.3, 0.4) is 0 Å². The molecule has 2 aromatic heterocycles. The van der Waals surface area contributed by atoms with E-state index in [1.807, 2.05) is 38.1 Å². The van der Waals surface area contributed by atoms with E-state index in [4.69, 9.17) is 0 Å². The number of anilines is 1. The lowest BCUT2D eigenvalue weighted by Crippen LogP contribution is -2.62. The summed E-state index contributed by atoms with van der Waals surface area (Å²) in [6.45, 7) is 6.15. The van der Waals surface area contributed by atoms with Crippen LogP contribution in [0.5, 0.6) is 0 Å². The molecule has 0 radical (unpaired) electrons. The summed E-state index contributed by atoms with van der Waals surface area (Å²) in [7, 11) is 0. The van der Waals surface area contributed by atoms with Crippen LogP contribution in [-0.2, 0) is 0 Å². The Hall–Kier alpha value is -3.28. The van der Waals surface area contributed by atoms with Gasteiger partial charge < -0.3 is 10.0 Å². The number of benzene rings is 1. The Morgan fingerprint density at radius 1 is 1.20 bits per heavy atom. The van der Waals surface area contributed by atoms with Crippen molar-refractivity contribution in [2.75, 3.05) is 18.4 Å². The Kier molecular flexibility index (Phi) is 5.02. The minimum Gasteiger partial charge on any atom is -0.386 e. The summed E-state index contributed by atoms with van der Waals surface area (Å²) in [6, 6.07) is 13.1. The van der Waals surface area contributed by atoms with E-state index in [0.29, 0.717) is 16.4 Å². The summed E-state index contributed by atoms with van der Waals surface area (Å²) in [5, 5.41) is 22.5. The smallest absolute Gasteiger partial charge is 0.323 e. The van der Waals surface area contributed by atoms with Gasteiger partial charge in [0.1, 0.15) is 0 Å². The van der Waals surface area contributed by atoms with Crippen LogP contribution in [0.4, 0.5) is 9.93 Å². The van der Waals surface area contributed by atoms with E-state index in [1.165, 1.54) is 16.2 Å². The molecule has 3 heterocycles. The van der Waals surface area contributed by atoms with E-state index in [2.05, 4.69) is 21.4 Å². The highest BCUT2D eigenvalue weighted by Gasteiger charge is 2.39.